The molecule has 0 aliphatic heterocycles. The molecule has 4 saturated carbocycles. The highest BCUT2D eigenvalue weighted by molar-refractivity contribution is 5.75. The molecule has 6 atom stereocenters. The first-order valence-corrected chi connectivity index (χ1v) is 9.69. The molecule has 0 aromatic heterocycles. The van der Waals surface area contributed by atoms with E-state index in [2.05, 4.69) is 13.5 Å². The topological polar surface area (TPSA) is 46.5 Å². The predicted molar refractivity (Wildman–Crippen MR) is 93.7 cm³/mol. The zero-order valence-electron chi connectivity index (χ0n) is 15.5. The standard InChI is InChI=1S/C21H32O3/c1-14-12-20-10-6-15-18(2,8-5-9-19(15,3)17(22)23)16(20)7-11-21(14,13-20)24-4/h15-16H,1,5-13H2,2-4H3,(H,22,23)/t15-,16-,18+,19+,20+,21-/m0/s1. The molecular weight excluding hydrogens is 300 g/mol. The first-order valence-electron chi connectivity index (χ1n) is 9.69. The highest BCUT2D eigenvalue weighted by Crippen LogP contribution is 2.73. The van der Waals surface area contributed by atoms with E-state index in [1.807, 2.05) is 14.0 Å². The zero-order chi connectivity index (χ0) is 17.4. The number of carbonyl (C=O) groups is 1. The Labute approximate surface area is 145 Å². The second-order valence-corrected chi connectivity index (χ2v) is 9.78. The van der Waals surface area contributed by atoms with E-state index in [1.165, 1.54) is 18.4 Å². The Morgan fingerprint density at radius 1 is 1.17 bits per heavy atom. The van der Waals surface area contributed by atoms with Gasteiger partial charge in [0, 0.05) is 7.11 Å². The molecule has 1 spiro atoms. The predicted octanol–water partition coefficient (Wildman–Crippen LogP) is 4.81. The molecule has 0 radical (unpaired) electrons. The fourth-order valence-corrected chi connectivity index (χ4v) is 7.90. The molecule has 4 aliphatic rings. The minimum atomic E-state index is -0.577. The van der Waals surface area contributed by atoms with Crippen molar-refractivity contribution in [2.75, 3.05) is 7.11 Å². The lowest BCUT2D eigenvalue weighted by Crippen LogP contribution is -2.59. The van der Waals surface area contributed by atoms with Crippen LogP contribution in [0.25, 0.3) is 0 Å². The summed E-state index contributed by atoms with van der Waals surface area (Å²) in [6.07, 6.45) is 9.77. The molecule has 3 nitrogen and oxygen atoms in total. The van der Waals surface area contributed by atoms with Crippen LogP contribution in [0.2, 0.25) is 0 Å². The van der Waals surface area contributed by atoms with Crippen molar-refractivity contribution in [3.8, 4) is 0 Å². The van der Waals surface area contributed by atoms with E-state index in [0.29, 0.717) is 17.3 Å². The normalized spacial score (nSPS) is 53.4. The van der Waals surface area contributed by atoms with Crippen LogP contribution in [0.1, 0.15) is 71.6 Å². The van der Waals surface area contributed by atoms with E-state index in [4.69, 9.17) is 4.74 Å². The van der Waals surface area contributed by atoms with Gasteiger partial charge in [-0.1, -0.05) is 19.9 Å². The molecule has 0 amide bonds. The van der Waals surface area contributed by atoms with Crippen molar-refractivity contribution in [3.05, 3.63) is 12.2 Å². The van der Waals surface area contributed by atoms with Crippen LogP contribution >= 0.6 is 0 Å². The zero-order valence-corrected chi connectivity index (χ0v) is 15.5. The number of methoxy groups -OCH3 is 1. The fraction of sp³-hybridized carbons (Fsp3) is 0.857. The van der Waals surface area contributed by atoms with Gasteiger partial charge in [-0.15, -0.1) is 0 Å². The summed E-state index contributed by atoms with van der Waals surface area (Å²) >= 11 is 0. The number of carboxylic acids is 1. The highest BCUT2D eigenvalue weighted by Gasteiger charge is 2.67. The summed E-state index contributed by atoms with van der Waals surface area (Å²) in [6.45, 7) is 8.83. The molecule has 0 aromatic rings. The lowest BCUT2D eigenvalue weighted by Gasteiger charge is -2.63. The smallest absolute Gasteiger partial charge is 0.309 e. The molecular formula is C21H32O3. The van der Waals surface area contributed by atoms with Gasteiger partial charge in [-0.25, -0.2) is 0 Å². The number of fused-ring (bicyclic) bond motifs is 3. The second-order valence-electron chi connectivity index (χ2n) is 9.78. The molecule has 1 N–H and O–H groups in total. The van der Waals surface area contributed by atoms with Crippen LogP contribution < -0.4 is 0 Å². The Balaban J connectivity index is 1.74. The summed E-state index contributed by atoms with van der Waals surface area (Å²) in [5.74, 6) is 0.369. The summed E-state index contributed by atoms with van der Waals surface area (Å²) in [7, 11) is 1.85. The molecule has 134 valence electrons. The number of hydrogen-bond donors (Lipinski definition) is 1. The molecule has 0 unspecified atom stereocenters. The van der Waals surface area contributed by atoms with Gasteiger partial charge in [0.25, 0.3) is 0 Å². The number of rotatable bonds is 2. The van der Waals surface area contributed by atoms with Crippen LogP contribution in [0.5, 0.6) is 0 Å². The van der Waals surface area contributed by atoms with E-state index in [1.54, 1.807) is 0 Å². The molecule has 4 rings (SSSR count). The van der Waals surface area contributed by atoms with Crippen molar-refractivity contribution < 1.29 is 14.6 Å². The molecule has 3 heteroatoms. The SMILES string of the molecule is C=C1C[C@@]23CC[C@H]4[C@@](C)(CCC[C@@]4(C)C(=O)O)[C@@H]2CC[C@]1(OC)C3. The average Bonchev–Trinajstić information content (AvgIpc) is 2.73. The van der Waals surface area contributed by atoms with Gasteiger partial charge in [-0.2, -0.15) is 0 Å². The first-order chi connectivity index (χ1) is 11.2. The quantitative estimate of drug-likeness (QED) is 0.738. The fourth-order valence-electron chi connectivity index (χ4n) is 7.90. The van der Waals surface area contributed by atoms with E-state index < -0.39 is 11.4 Å². The average molecular weight is 332 g/mol. The Hall–Kier alpha value is -0.830. The van der Waals surface area contributed by atoms with Crippen molar-refractivity contribution in [1.82, 2.24) is 0 Å². The lowest BCUT2D eigenvalue weighted by molar-refractivity contribution is -0.187. The van der Waals surface area contributed by atoms with E-state index in [9.17, 15) is 9.90 Å². The van der Waals surface area contributed by atoms with Crippen molar-refractivity contribution in [3.63, 3.8) is 0 Å². The maximum atomic E-state index is 12.1. The summed E-state index contributed by atoms with van der Waals surface area (Å²) in [4.78, 5) is 12.1. The molecule has 24 heavy (non-hydrogen) atoms. The Morgan fingerprint density at radius 2 is 1.88 bits per heavy atom. The summed E-state index contributed by atoms with van der Waals surface area (Å²) < 4.78 is 5.98. The van der Waals surface area contributed by atoms with Gasteiger partial charge < -0.3 is 9.84 Å². The Kier molecular flexibility index (Phi) is 3.37. The Morgan fingerprint density at radius 3 is 2.54 bits per heavy atom. The third-order valence-electron chi connectivity index (χ3n) is 9.01. The third-order valence-corrected chi connectivity index (χ3v) is 9.01. The number of aliphatic carboxylic acids is 1. The van der Waals surface area contributed by atoms with Crippen molar-refractivity contribution >= 4 is 5.97 Å². The minimum Gasteiger partial charge on any atom is -0.481 e. The minimum absolute atomic E-state index is 0.0928. The van der Waals surface area contributed by atoms with Crippen LogP contribution in [0, 0.1) is 28.1 Å². The van der Waals surface area contributed by atoms with Gasteiger partial charge in [0.15, 0.2) is 0 Å². The molecule has 2 bridgehead atoms. The largest absolute Gasteiger partial charge is 0.481 e. The van der Waals surface area contributed by atoms with E-state index in [-0.39, 0.29) is 11.0 Å². The van der Waals surface area contributed by atoms with Crippen molar-refractivity contribution in [1.29, 1.82) is 0 Å². The molecule has 0 saturated heterocycles. The molecule has 4 fully saturated rings. The third kappa shape index (κ3) is 1.80. The van der Waals surface area contributed by atoms with Crippen molar-refractivity contribution in [2.24, 2.45) is 28.1 Å². The Bertz CT molecular complexity index is 598. The van der Waals surface area contributed by atoms with Gasteiger partial charge in [0.1, 0.15) is 0 Å². The van der Waals surface area contributed by atoms with Gasteiger partial charge in [0.2, 0.25) is 0 Å². The van der Waals surface area contributed by atoms with Crippen molar-refractivity contribution in [2.45, 2.75) is 77.2 Å². The van der Waals surface area contributed by atoms with Gasteiger partial charge in [-0.05, 0) is 86.5 Å². The summed E-state index contributed by atoms with van der Waals surface area (Å²) in [5, 5.41) is 9.96. The molecule has 4 aliphatic carbocycles. The second kappa shape index (κ2) is 4.87. The molecule has 0 aromatic carbocycles. The van der Waals surface area contributed by atoms with Gasteiger partial charge in [0.05, 0.1) is 11.0 Å². The number of hydrogen-bond acceptors (Lipinski definition) is 2. The summed E-state index contributed by atoms with van der Waals surface area (Å²) in [6, 6.07) is 0. The van der Waals surface area contributed by atoms with Crippen LogP contribution in [-0.2, 0) is 9.53 Å². The lowest BCUT2D eigenvalue weighted by atomic mass is 9.41. The van der Waals surface area contributed by atoms with E-state index >= 15 is 0 Å². The first kappa shape index (κ1) is 16.6. The van der Waals surface area contributed by atoms with Crippen LogP contribution in [0.4, 0.5) is 0 Å². The molecule has 0 heterocycles. The maximum Gasteiger partial charge on any atom is 0.309 e. The van der Waals surface area contributed by atoms with Gasteiger partial charge in [-0.3, -0.25) is 4.79 Å². The van der Waals surface area contributed by atoms with Crippen LogP contribution in [0.15, 0.2) is 12.2 Å². The van der Waals surface area contributed by atoms with Gasteiger partial charge >= 0.3 is 5.97 Å². The van der Waals surface area contributed by atoms with E-state index in [0.717, 1.165) is 44.9 Å². The highest BCUT2D eigenvalue weighted by atomic mass is 16.5. The summed E-state index contributed by atoms with van der Waals surface area (Å²) in [5.41, 5.74) is 1.14. The number of ether oxygens (including phenoxy) is 1. The van der Waals surface area contributed by atoms with Crippen LogP contribution in [-0.4, -0.2) is 23.8 Å². The van der Waals surface area contributed by atoms with Crippen LogP contribution in [0.3, 0.4) is 0 Å². The monoisotopic (exact) mass is 332 g/mol. The maximum absolute atomic E-state index is 12.1. The number of carboxylic acid groups (broad SMARTS) is 1.